The van der Waals surface area contributed by atoms with E-state index in [4.69, 9.17) is 5.11 Å². The van der Waals surface area contributed by atoms with E-state index < -0.39 is 0 Å². The van der Waals surface area contributed by atoms with Gasteiger partial charge >= 0.3 is 0 Å². The van der Waals surface area contributed by atoms with Crippen molar-refractivity contribution < 1.29 is 9.90 Å². The highest BCUT2D eigenvalue weighted by molar-refractivity contribution is 14.1. The summed E-state index contributed by atoms with van der Waals surface area (Å²) in [6.45, 7) is 6.77. The molecule has 0 saturated heterocycles. The number of aryl methyl sites for hydroxylation is 1. The van der Waals surface area contributed by atoms with Crippen LogP contribution in [0, 0.1) is 15.9 Å². The summed E-state index contributed by atoms with van der Waals surface area (Å²) in [5.41, 5.74) is 1.74. The summed E-state index contributed by atoms with van der Waals surface area (Å²) in [6.07, 6.45) is 0.679. The van der Waals surface area contributed by atoms with Gasteiger partial charge in [0.1, 0.15) is 0 Å². The van der Waals surface area contributed by atoms with Gasteiger partial charge < -0.3 is 10.4 Å². The first-order chi connectivity index (χ1) is 8.37. The van der Waals surface area contributed by atoms with Gasteiger partial charge in [-0.2, -0.15) is 0 Å². The van der Waals surface area contributed by atoms with Crippen LogP contribution in [0.2, 0.25) is 0 Å². The molecule has 0 atom stereocenters. The SMILES string of the molecule is Cc1cccc(C(=O)NCC(C)(C)CCO)c1I. The van der Waals surface area contributed by atoms with Crippen LogP contribution in [0.1, 0.15) is 36.2 Å². The maximum Gasteiger partial charge on any atom is 0.252 e. The highest BCUT2D eigenvalue weighted by Gasteiger charge is 2.19. The molecule has 4 heteroatoms. The molecule has 0 aliphatic rings. The average Bonchev–Trinajstić information content (AvgIpc) is 2.30. The molecule has 0 fully saturated rings. The molecule has 0 saturated carbocycles. The summed E-state index contributed by atoms with van der Waals surface area (Å²) in [6, 6.07) is 5.72. The molecule has 0 heterocycles. The highest BCUT2D eigenvalue weighted by atomic mass is 127. The molecule has 0 spiro atoms. The van der Waals surface area contributed by atoms with Crippen LogP contribution < -0.4 is 5.32 Å². The normalized spacial score (nSPS) is 11.4. The Balaban J connectivity index is 2.69. The number of hydrogen-bond donors (Lipinski definition) is 2. The molecule has 3 nitrogen and oxygen atoms in total. The van der Waals surface area contributed by atoms with Gasteiger partial charge in [0, 0.05) is 16.7 Å². The summed E-state index contributed by atoms with van der Waals surface area (Å²) in [5.74, 6) is -0.0471. The van der Waals surface area contributed by atoms with Crippen LogP contribution in [0.4, 0.5) is 0 Å². The molecule has 2 N–H and O–H groups in total. The van der Waals surface area contributed by atoms with E-state index in [-0.39, 0.29) is 17.9 Å². The fraction of sp³-hybridized carbons (Fsp3) is 0.500. The van der Waals surface area contributed by atoms with E-state index in [1.807, 2.05) is 39.0 Å². The first kappa shape index (κ1) is 15.4. The number of rotatable bonds is 5. The molecule has 0 aliphatic heterocycles. The average molecular weight is 361 g/mol. The van der Waals surface area contributed by atoms with E-state index in [1.54, 1.807) is 0 Å². The van der Waals surface area contributed by atoms with E-state index >= 15 is 0 Å². The zero-order valence-electron chi connectivity index (χ0n) is 11.1. The third-order valence-electron chi connectivity index (χ3n) is 2.95. The standard InChI is InChI=1S/C14H20INO2/c1-10-5-4-6-11(12(10)15)13(18)16-9-14(2,3)7-8-17/h4-6,17H,7-9H2,1-3H3,(H,16,18). The Hall–Kier alpha value is -0.620. The number of nitrogens with one attached hydrogen (secondary N) is 1. The third-order valence-corrected chi connectivity index (χ3v) is 4.38. The molecule has 0 aromatic heterocycles. The topological polar surface area (TPSA) is 49.3 Å². The third kappa shape index (κ3) is 4.24. The summed E-state index contributed by atoms with van der Waals surface area (Å²) in [5, 5.41) is 11.9. The molecule has 1 aromatic rings. The van der Waals surface area contributed by atoms with Gasteiger partial charge in [-0.1, -0.05) is 26.0 Å². The van der Waals surface area contributed by atoms with Crippen molar-refractivity contribution in [1.82, 2.24) is 5.32 Å². The predicted molar refractivity (Wildman–Crippen MR) is 81.7 cm³/mol. The maximum absolute atomic E-state index is 12.1. The Morgan fingerprint density at radius 1 is 1.44 bits per heavy atom. The van der Waals surface area contributed by atoms with Crippen molar-refractivity contribution in [2.75, 3.05) is 13.2 Å². The lowest BCUT2D eigenvalue weighted by Gasteiger charge is -2.24. The summed E-state index contributed by atoms with van der Waals surface area (Å²) in [4.78, 5) is 12.1. The van der Waals surface area contributed by atoms with E-state index in [0.29, 0.717) is 13.0 Å². The van der Waals surface area contributed by atoms with E-state index in [9.17, 15) is 4.79 Å². The maximum atomic E-state index is 12.1. The number of aliphatic hydroxyl groups is 1. The molecule has 1 rings (SSSR count). The number of carbonyl (C=O) groups excluding carboxylic acids is 1. The lowest BCUT2D eigenvalue weighted by Crippen LogP contribution is -2.34. The van der Waals surface area contributed by atoms with Gasteiger partial charge in [0.2, 0.25) is 0 Å². The van der Waals surface area contributed by atoms with Crippen LogP contribution in [0.5, 0.6) is 0 Å². The Morgan fingerprint density at radius 3 is 2.72 bits per heavy atom. The van der Waals surface area contributed by atoms with Gasteiger partial charge in [-0.15, -0.1) is 0 Å². The van der Waals surface area contributed by atoms with Gasteiger partial charge in [-0.3, -0.25) is 4.79 Å². The zero-order chi connectivity index (χ0) is 13.8. The zero-order valence-corrected chi connectivity index (χ0v) is 13.2. The Morgan fingerprint density at radius 2 is 2.11 bits per heavy atom. The van der Waals surface area contributed by atoms with Gasteiger partial charge in [-0.05, 0) is 53.0 Å². The summed E-state index contributed by atoms with van der Waals surface area (Å²) >= 11 is 2.20. The first-order valence-electron chi connectivity index (χ1n) is 6.01. The number of amides is 1. The fourth-order valence-corrected chi connectivity index (χ4v) is 2.23. The predicted octanol–water partition coefficient (Wildman–Crippen LogP) is 2.74. The monoisotopic (exact) mass is 361 g/mol. The van der Waals surface area contributed by atoms with Crippen molar-refractivity contribution >= 4 is 28.5 Å². The van der Waals surface area contributed by atoms with Crippen molar-refractivity contribution in [3.05, 3.63) is 32.9 Å². The number of benzene rings is 1. The number of halogens is 1. The number of hydrogen-bond acceptors (Lipinski definition) is 2. The lowest BCUT2D eigenvalue weighted by molar-refractivity contribution is 0.0927. The number of carbonyl (C=O) groups is 1. The van der Waals surface area contributed by atoms with Crippen LogP contribution in [-0.4, -0.2) is 24.2 Å². The van der Waals surface area contributed by atoms with E-state index in [1.165, 1.54) is 0 Å². The quantitative estimate of drug-likeness (QED) is 0.793. The van der Waals surface area contributed by atoms with Crippen LogP contribution in [-0.2, 0) is 0 Å². The van der Waals surface area contributed by atoms with Gasteiger partial charge in [0.25, 0.3) is 5.91 Å². The van der Waals surface area contributed by atoms with Crippen LogP contribution >= 0.6 is 22.6 Å². The number of aliphatic hydroxyl groups excluding tert-OH is 1. The second-order valence-corrected chi connectivity index (χ2v) is 6.34. The molecule has 100 valence electrons. The lowest BCUT2D eigenvalue weighted by atomic mass is 9.89. The van der Waals surface area contributed by atoms with Gasteiger partial charge in [-0.25, -0.2) is 0 Å². The van der Waals surface area contributed by atoms with Crippen LogP contribution in [0.15, 0.2) is 18.2 Å². The Bertz CT molecular complexity index is 430. The second-order valence-electron chi connectivity index (χ2n) is 5.26. The molecular weight excluding hydrogens is 341 g/mol. The molecule has 0 radical (unpaired) electrons. The summed E-state index contributed by atoms with van der Waals surface area (Å²) in [7, 11) is 0. The molecular formula is C14H20INO2. The molecule has 1 aromatic carbocycles. The van der Waals surface area contributed by atoms with Crippen LogP contribution in [0.25, 0.3) is 0 Å². The van der Waals surface area contributed by atoms with Crippen molar-refractivity contribution in [2.45, 2.75) is 27.2 Å². The van der Waals surface area contributed by atoms with E-state index in [2.05, 4.69) is 27.9 Å². The summed E-state index contributed by atoms with van der Waals surface area (Å²) < 4.78 is 0.993. The molecule has 18 heavy (non-hydrogen) atoms. The largest absolute Gasteiger partial charge is 0.396 e. The highest BCUT2D eigenvalue weighted by Crippen LogP contribution is 2.20. The van der Waals surface area contributed by atoms with Crippen molar-refractivity contribution in [3.63, 3.8) is 0 Å². The minimum atomic E-state index is -0.0837. The Kier molecular flexibility index (Phi) is 5.59. The first-order valence-corrected chi connectivity index (χ1v) is 7.09. The molecule has 0 bridgehead atoms. The van der Waals surface area contributed by atoms with E-state index in [0.717, 1.165) is 14.7 Å². The molecule has 0 aliphatic carbocycles. The second kappa shape index (κ2) is 6.52. The Labute approximate surface area is 122 Å². The van der Waals surface area contributed by atoms with Crippen LogP contribution in [0.3, 0.4) is 0 Å². The smallest absolute Gasteiger partial charge is 0.252 e. The van der Waals surface area contributed by atoms with Gasteiger partial charge in [0.05, 0.1) is 5.56 Å². The molecule has 1 amide bonds. The minimum absolute atomic E-state index is 0.0471. The van der Waals surface area contributed by atoms with Crippen molar-refractivity contribution in [2.24, 2.45) is 5.41 Å². The fourth-order valence-electron chi connectivity index (χ4n) is 1.63. The van der Waals surface area contributed by atoms with Crippen molar-refractivity contribution in [1.29, 1.82) is 0 Å². The van der Waals surface area contributed by atoms with Gasteiger partial charge in [0.15, 0.2) is 0 Å². The minimum Gasteiger partial charge on any atom is -0.396 e. The van der Waals surface area contributed by atoms with Crippen molar-refractivity contribution in [3.8, 4) is 0 Å². The molecule has 0 unspecified atom stereocenters.